The molecule has 2 aromatic carbocycles. The zero-order valence-electron chi connectivity index (χ0n) is 11.4. The van der Waals surface area contributed by atoms with Gasteiger partial charge >= 0.3 is 0 Å². The van der Waals surface area contributed by atoms with Crippen LogP contribution < -0.4 is 0 Å². The van der Waals surface area contributed by atoms with Crippen LogP contribution in [0.4, 0.5) is 0 Å². The quantitative estimate of drug-likeness (QED) is 0.538. The first-order valence-electron chi connectivity index (χ1n) is 6.71. The van der Waals surface area contributed by atoms with Crippen molar-refractivity contribution in [3.8, 4) is 11.3 Å². The molecule has 0 aliphatic carbocycles. The van der Waals surface area contributed by atoms with Crippen LogP contribution in [-0.4, -0.2) is 16.1 Å². The zero-order valence-corrected chi connectivity index (χ0v) is 11.4. The summed E-state index contributed by atoms with van der Waals surface area (Å²) in [6.07, 6.45) is 4.17. The largest absolute Gasteiger partial charge is 0.298 e. The molecule has 0 aliphatic heterocycles. The monoisotopic (exact) mass is 274 g/mol. The zero-order chi connectivity index (χ0) is 14.5. The number of carbonyl (C=O) groups excluding carboxylic acids is 1. The first kappa shape index (κ1) is 13.1. The molecule has 0 bridgehead atoms. The van der Waals surface area contributed by atoms with E-state index in [-0.39, 0.29) is 0 Å². The Morgan fingerprint density at radius 2 is 1.57 bits per heavy atom. The maximum atomic E-state index is 10.9. The molecular weight excluding hydrogens is 260 g/mol. The van der Waals surface area contributed by atoms with Gasteiger partial charge in [0.05, 0.1) is 11.4 Å². The molecule has 1 aromatic heterocycles. The summed E-state index contributed by atoms with van der Waals surface area (Å²) in [5.41, 5.74) is 3.64. The van der Waals surface area contributed by atoms with Gasteiger partial charge in [0.1, 0.15) is 6.29 Å². The molecule has 0 N–H and O–H groups in total. The number of carbonyl (C=O) groups is 1. The standard InChI is InChI=1S/C18H14N2O/c21-14-12-18(16-9-5-2-6-10-16)20-13-11-17(19-20)15-7-3-1-4-8-15/h1-14H. The summed E-state index contributed by atoms with van der Waals surface area (Å²) < 4.78 is 1.73. The molecule has 3 nitrogen and oxygen atoms in total. The molecule has 0 atom stereocenters. The van der Waals surface area contributed by atoms with E-state index >= 15 is 0 Å². The average Bonchev–Trinajstić information content (AvgIpc) is 3.04. The highest BCUT2D eigenvalue weighted by atomic mass is 16.1. The van der Waals surface area contributed by atoms with Crippen LogP contribution in [0.5, 0.6) is 0 Å². The van der Waals surface area contributed by atoms with Gasteiger partial charge in [-0.05, 0) is 6.07 Å². The molecule has 21 heavy (non-hydrogen) atoms. The molecule has 3 heteroatoms. The van der Waals surface area contributed by atoms with Crippen LogP contribution in [0.3, 0.4) is 0 Å². The van der Waals surface area contributed by atoms with Crippen LogP contribution >= 0.6 is 0 Å². The topological polar surface area (TPSA) is 34.9 Å². The second-order valence-corrected chi connectivity index (χ2v) is 4.57. The number of benzene rings is 2. The molecular formula is C18H14N2O. The summed E-state index contributed by atoms with van der Waals surface area (Å²) >= 11 is 0. The normalized spacial score (nSPS) is 11.3. The van der Waals surface area contributed by atoms with Crippen LogP contribution in [0.1, 0.15) is 5.56 Å². The van der Waals surface area contributed by atoms with Gasteiger partial charge in [-0.15, -0.1) is 0 Å². The van der Waals surface area contributed by atoms with Crippen molar-refractivity contribution in [2.45, 2.75) is 0 Å². The molecule has 1 heterocycles. The van der Waals surface area contributed by atoms with Gasteiger partial charge in [-0.2, -0.15) is 5.10 Å². The van der Waals surface area contributed by atoms with Gasteiger partial charge in [0.15, 0.2) is 0 Å². The fraction of sp³-hybridized carbons (Fsp3) is 0. The lowest BCUT2D eigenvalue weighted by Crippen LogP contribution is -2.00. The molecule has 0 radical (unpaired) electrons. The lowest BCUT2D eigenvalue weighted by molar-refractivity contribution is -0.104. The predicted octanol–water partition coefficient (Wildman–Crippen LogP) is 3.64. The minimum Gasteiger partial charge on any atom is -0.298 e. The van der Waals surface area contributed by atoms with Crippen molar-refractivity contribution in [2.24, 2.45) is 0 Å². The van der Waals surface area contributed by atoms with E-state index in [1.807, 2.05) is 72.9 Å². The minimum atomic E-state index is 0.757. The third kappa shape index (κ3) is 2.82. The van der Waals surface area contributed by atoms with E-state index in [0.717, 1.165) is 28.8 Å². The fourth-order valence-electron chi connectivity index (χ4n) is 2.20. The summed E-state index contributed by atoms with van der Waals surface area (Å²) in [6.45, 7) is 0. The number of aromatic nitrogens is 2. The van der Waals surface area contributed by atoms with E-state index in [1.54, 1.807) is 4.68 Å². The molecule has 0 unspecified atom stereocenters. The molecule has 102 valence electrons. The number of hydrogen-bond acceptors (Lipinski definition) is 2. The molecule has 0 saturated carbocycles. The van der Waals surface area contributed by atoms with Crippen molar-refractivity contribution < 1.29 is 4.79 Å². The maximum absolute atomic E-state index is 10.9. The number of aldehydes is 1. The summed E-state index contributed by atoms with van der Waals surface area (Å²) in [6, 6.07) is 21.6. The van der Waals surface area contributed by atoms with E-state index < -0.39 is 0 Å². The van der Waals surface area contributed by atoms with Gasteiger partial charge in [-0.25, -0.2) is 4.68 Å². The fourth-order valence-corrected chi connectivity index (χ4v) is 2.20. The molecule has 0 spiro atoms. The van der Waals surface area contributed by atoms with Gasteiger partial charge in [0.2, 0.25) is 0 Å². The van der Waals surface area contributed by atoms with Crippen molar-refractivity contribution in [2.75, 3.05) is 0 Å². The first-order valence-corrected chi connectivity index (χ1v) is 6.71. The molecule has 3 rings (SSSR count). The molecule has 3 aromatic rings. The Labute approximate surface area is 123 Å². The van der Waals surface area contributed by atoms with E-state index in [2.05, 4.69) is 5.10 Å². The van der Waals surface area contributed by atoms with Crippen molar-refractivity contribution in [1.82, 2.24) is 9.78 Å². The lowest BCUT2D eigenvalue weighted by atomic mass is 10.1. The van der Waals surface area contributed by atoms with E-state index in [0.29, 0.717) is 0 Å². The van der Waals surface area contributed by atoms with Crippen LogP contribution in [-0.2, 0) is 4.79 Å². The summed E-state index contributed by atoms with van der Waals surface area (Å²) in [5, 5.41) is 4.57. The lowest BCUT2D eigenvalue weighted by Gasteiger charge is -2.06. The average molecular weight is 274 g/mol. The molecule has 0 amide bonds. The second-order valence-electron chi connectivity index (χ2n) is 4.57. The number of rotatable bonds is 4. The summed E-state index contributed by atoms with van der Waals surface area (Å²) in [7, 11) is 0. The van der Waals surface area contributed by atoms with Crippen molar-refractivity contribution >= 4 is 12.0 Å². The smallest absolute Gasteiger partial charge is 0.145 e. The van der Waals surface area contributed by atoms with Crippen LogP contribution in [0, 0.1) is 0 Å². The third-order valence-electron chi connectivity index (χ3n) is 3.20. The molecule has 0 aliphatic rings. The maximum Gasteiger partial charge on any atom is 0.145 e. The summed E-state index contributed by atoms with van der Waals surface area (Å²) in [4.78, 5) is 10.9. The Morgan fingerprint density at radius 3 is 2.24 bits per heavy atom. The Morgan fingerprint density at radius 1 is 0.905 bits per heavy atom. The SMILES string of the molecule is O=CC=C(c1ccccc1)n1ccc(-c2ccccc2)n1. The highest BCUT2D eigenvalue weighted by Crippen LogP contribution is 2.20. The van der Waals surface area contributed by atoms with Gasteiger partial charge in [0, 0.05) is 23.4 Å². The van der Waals surface area contributed by atoms with E-state index in [9.17, 15) is 4.79 Å². The third-order valence-corrected chi connectivity index (χ3v) is 3.20. The van der Waals surface area contributed by atoms with Crippen LogP contribution in [0.15, 0.2) is 79.0 Å². The highest BCUT2D eigenvalue weighted by Gasteiger charge is 2.07. The first-order chi connectivity index (χ1) is 10.4. The van der Waals surface area contributed by atoms with Crippen molar-refractivity contribution in [3.63, 3.8) is 0 Å². The van der Waals surface area contributed by atoms with Gasteiger partial charge in [-0.1, -0.05) is 60.7 Å². The number of hydrogen-bond donors (Lipinski definition) is 0. The van der Waals surface area contributed by atoms with Crippen LogP contribution in [0.2, 0.25) is 0 Å². The Bertz CT molecular complexity index is 758. The van der Waals surface area contributed by atoms with Gasteiger partial charge < -0.3 is 0 Å². The highest BCUT2D eigenvalue weighted by molar-refractivity contribution is 5.81. The minimum absolute atomic E-state index is 0.757. The number of allylic oxidation sites excluding steroid dienone is 1. The van der Waals surface area contributed by atoms with Gasteiger partial charge in [-0.3, -0.25) is 4.79 Å². The van der Waals surface area contributed by atoms with E-state index in [4.69, 9.17) is 0 Å². The Kier molecular flexibility index (Phi) is 3.74. The number of nitrogens with zero attached hydrogens (tertiary/aromatic N) is 2. The molecule has 0 saturated heterocycles. The second kappa shape index (κ2) is 6.01. The van der Waals surface area contributed by atoms with Crippen molar-refractivity contribution in [1.29, 1.82) is 0 Å². The Hall–Kier alpha value is -2.94. The van der Waals surface area contributed by atoms with Crippen LogP contribution in [0.25, 0.3) is 17.0 Å². The molecule has 0 fully saturated rings. The summed E-state index contributed by atoms with van der Waals surface area (Å²) in [5.74, 6) is 0. The Balaban J connectivity index is 2.01. The van der Waals surface area contributed by atoms with E-state index in [1.165, 1.54) is 6.08 Å². The van der Waals surface area contributed by atoms with Gasteiger partial charge in [0.25, 0.3) is 0 Å². The van der Waals surface area contributed by atoms with Crippen molar-refractivity contribution in [3.05, 3.63) is 84.6 Å². The predicted molar refractivity (Wildman–Crippen MR) is 83.5 cm³/mol.